The molecule has 1 amide bonds. The molecule has 1 N–H and O–H groups in total. The van der Waals surface area contributed by atoms with Crippen LogP contribution in [0.3, 0.4) is 0 Å². The number of anilines is 3. The van der Waals surface area contributed by atoms with Crippen molar-refractivity contribution in [3.05, 3.63) is 45.1 Å². The van der Waals surface area contributed by atoms with E-state index in [0.29, 0.717) is 43.8 Å². The number of rotatable bonds is 5. The Morgan fingerprint density at radius 1 is 1.36 bits per heavy atom. The predicted molar refractivity (Wildman–Crippen MR) is 105 cm³/mol. The lowest BCUT2D eigenvalue weighted by Crippen LogP contribution is -2.37. The highest BCUT2D eigenvalue weighted by molar-refractivity contribution is 6.34. The number of nitrogens with one attached hydrogen (secondary N) is 1. The second-order valence-electron chi connectivity index (χ2n) is 6.28. The van der Waals surface area contributed by atoms with Gasteiger partial charge in [-0.3, -0.25) is 14.9 Å². The minimum Gasteiger partial charge on any atom is -0.378 e. The zero-order valence-electron chi connectivity index (χ0n) is 15.4. The van der Waals surface area contributed by atoms with Crippen LogP contribution in [-0.2, 0) is 4.74 Å². The predicted octanol–water partition coefficient (Wildman–Crippen LogP) is 2.19. The summed E-state index contributed by atoms with van der Waals surface area (Å²) in [5.74, 6) is 0.576. The molecule has 0 atom stereocenters. The van der Waals surface area contributed by atoms with E-state index >= 15 is 0 Å². The van der Waals surface area contributed by atoms with Crippen LogP contribution in [0.1, 0.15) is 10.4 Å². The second kappa shape index (κ2) is 8.36. The Hall–Kier alpha value is -2.98. The van der Waals surface area contributed by atoms with Crippen molar-refractivity contribution in [1.82, 2.24) is 9.97 Å². The molecule has 1 aromatic carbocycles. The summed E-state index contributed by atoms with van der Waals surface area (Å²) < 4.78 is 5.34. The van der Waals surface area contributed by atoms with Crippen LogP contribution >= 0.6 is 11.6 Å². The Bertz CT molecular complexity index is 901. The molecule has 148 valence electrons. The number of nitro benzene ring substituents is 1. The fourth-order valence-corrected chi connectivity index (χ4v) is 2.96. The molecule has 0 bridgehead atoms. The lowest BCUT2D eigenvalue weighted by atomic mass is 10.2. The molecule has 1 aliphatic rings. The summed E-state index contributed by atoms with van der Waals surface area (Å²) in [6, 6.07) is 3.68. The van der Waals surface area contributed by atoms with Gasteiger partial charge in [0.1, 0.15) is 5.69 Å². The summed E-state index contributed by atoms with van der Waals surface area (Å²) in [6.45, 7) is 2.60. The summed E-state index contributed by atoms with van der Waals surface area (Å²) in [6.07, 6.45) is 1.53. The average molecular weight is 407 g/mol. The first-order chi connectivity index (χ1) is 13.4. The number of hydrogen-bond acceptors (Lipinski definition) is 8. The number of amides is 1. The third-order valence-electron chi connectivity index (χ3n) is 4.13. The van der Waals surface area contributed by atoms with E-state index in [9.17, 15) is 14.9 Å². The topological polar surface area (TPSA) is 114 Å². The standard InChI is InChI=1S/C17H19ClN6O4/c1-22(2)15-14(10-19-17(21-15)23-5-7-28-8-6-23)20-16(25)12-4-3-11(24(26)27)9-13(12)18/h3-4,9-10H,5-8H2,1-2H3,(H,20,25). The molecule has 0 unspecified atom stereocenters. The first kappa shape index (κ1) is 19.8. The fourth-order valence-electron chi connectivity index (χ4n) is 2.70. The van der Waals surface area contributed by atoms with Crippen molar-refractivity contribution in [3.8, 4) is 0 Å². The normalized spacial score (nSPS) is 13.9. The molecule has 2 heterocycles. The molecule has 0 saturated carbocycles. The number of benzene rings is 1. The number of nitrogens with zero attached hydrogens (tertiary/aromatic N) is 5. The second-order valence-corrected chi connectivity index (χ2v) is 6.68. The van der Waals surface area contributed by atoms with E-state index in [2.05, 4.69) is 15.3 Å². The SMILES string of the molecule is CN(C)c1nc(N2CCOCC2)ncc1NC(=O)c1ccc([N+](=O)[O-])cc1Cl. The molecular formula is C17H19ClN6O4. The summed E-state index contributed by atoms with van der Waals surface area (Å²) in [7, 11) is 3.61. The smallest absolute Gasteiger partial charge is 0.270 e. The number of halogens is 1. The average Bonchev–Trinajstić information content (AvgIpc) is 2.68. The number of ether oxygens (including phenoxy) is 1. The number of morpholine rings is 1. The molecule has 1 aromatic heterocycles. The van der Waals surface area contributed by atoms with Gasteiger partial charge >= 0.3 is 0 Å². The number of non-ortho nitro benzene ring substituents is 1. The third-order valence-corrected chi connectivity index (χ3v) is 4.44. The van der Waals surface area contributed by atoms with Gasteiger partial charge in [0.05, 0.1) is 34.9 Å². The molecule has 2 aromatic rings. The molecule has 1 saturated heterocycles. The molecule has 10 nitrogen and oxygen atoms in total. The number of aromatic nitrogens is 2. The van der Waals surface area contributed by atoms with Crippen LogP contribution in [0, 0.1) is 10.1 Å². The van der Waals surface area contributed by atoms with Crippen molar-refractivity contribution in [2.45, 2.75) is 0 Å². The van der Waals surface area contributed by atoms with E-state index in [1.807, 2.05) is 4.90 Å². The summed E-state index contributed by atoms with van der Waals surface area (Å²) in [4.78, 5) is 35.5. The van der Waals surface area contributed by atoms with E-state index in [1.165, 1.54) is 18.3 Å². The molecule has 0 spiro atoms. The quantitative estimate of drug-likeness (QED) is 0.593. The molecule has 11 heteroatoms. The van der Waals surface area contributed by atoms with Crippen LogP contribution in [0.2, 0.25) is 5.02 Å². The number of nitro groups is 1. The molecule has 1 aliphatic heterocycles. The van der Waals surface area contributed by atoms with Gasteiger partial charge in [0.2, 0.25) is 5.95 Å². The Balaban J connectivity index is 1.84. The van der Waals surface area contributed by atoms with Crippen LogP contribution in [0.5, 0.6) is 0 Å². The largest absolute Gasteiger partial charge is 0.378 e. The minimum absolute atomic E-state index is 0.0102. The van der Waals surface area contributed by atoms with Gasteiger partial charge in [0, 0.05) is 39.3 Å². The summed E-state index contributed by atoms with van der Waals surface area (Å²) >= 11 is 6.04. The van der Waals surface area contributed by atoms with Crippen molar-refractivity contribution < 1.29 is 14.5 Å². The monoisotopic (exact) mass is 406 g/mol. The lowest BCUT2D eigenvalue weighted by molar-refractivity contribution is -0.384. The molecule has 28 heavy (non-hydrogen) atoms. The van der Waals surface area contributed by atoms with Crippen molar-refractivity contribution in [1.29, 1.82) is 0 Å². The molecule has 3 rings (SSSR count). The van der Waals surface area contributed by atoms with Gasteiger partial charge in [0.25, 0.3) is 11.6 Å². The fraction of sp³-hybridized carbons (Fsp3) is 0.353. The zero-order valence-corrected chi connectivity index (χ0v) is 16.1. The number of carbonyl (C=O) groups is 1. The maximum Gasteiger partial charge on any atom is 0.270 e. The van der Waals surface area contributed by atoms with Gasteiger partial charge in [0.15, 0.2) is 5.82 Å². The maximum atomic E-state index is 12.6. The Labute approximate surface area is 166 Å². The van der Waals surface area contributed by atoms with Crippen LogP contribution < -0.4 is 15.1 Å². The number of hydrogen-bond donors (Lipinski definition) is 1. The van der Waals surface area contributed by atoms with Gasteiger partial charge in [-0.15, -0.1) is 0 Å². The van der Waals surface area contributed by atoms with E-state index < -0.39 is 10.8 Å². The lowest BCUT2D eigenvalue weighted by Gasteiger charge is -2.28. The number of carbonyl (C=O) groups excluding carboxylic acids is 1. The molecule has 1 fully saturated rings. The summed E-state index contributed by atoms with van der Waals surface area (Å²) in [5, 5.41) is 13.5. The minimum atomic E-state index is -0.573. The van der Waals surface area contributed by atoms with E-state index in [-0.39, 0.29) is 16.3 Å². The Kier molecular flexibility index (Phi) is 5.90. The molecule has 0 aliphatic carbocycles. The summed E-state index contributed by atoms with van der Waals surface area (Å²) in [5.41, 5.74) is 0.337. The third kappa shape index (κ3) is 4.29. The van der Waals surface area contributed by atoms with E-state index in [1.54, 1.807) is 19.0 Å². The van der Waals surface area contributed by atoms with Crippen LogP contribution in [-0.4, -0.2) is 61.2 Å². The van der Waals surface area contributed by atoms with Gasteiger partial charge in [-0.1, -0.05) is 11.6 Å². The van der Waals surface area contributed by atoms with E-state index in [0.717, 1.165) is 6.07 Å². The van der Waals surface area contributed by atoms with Gasteiger partial charge in [-0.2, -0.15) is 4.98 Å². The van der Waals surface area contributed by atoms with Gasteiger partial charge in [-0.25, -0.2) is 4.98 Å². The highest BCUT2D eigenvalue weighted by atomic mass is 35.5. The highest BCUT2D eigenvalue weighted by Gasteiger charge is 2.20. The van der Waals surface area contributed by atoms with Gasteiger partial charge in [-0.05, 0) is 6.07 Å². The Morgan fingerprint density at radius 3 is 2.68 bits per heavy atom. The van der Waals surface area contributed by atoms with Gasteiger partial charge < -0.3 is 19.9 Å². The van der Waals surface area contributed by atoms with Crippen molar-refractivity contribution >= 4 is 40.6 Å². The van der Waals surface area contributed by atoms with Crippen LogP contribution in [0.15, 0.2) is 24.4 Å². The van der Waals surface area contributed by atoms with Crippen LogP contribution in [0.4, 0.5) is 23.1 Å². The molecule has 0 radical (unpaired) electrons. The van der Waals surface area contributed by atoms with Crippen molar-refractivity contribution in [3.63, 3.8) is 0 Å². The van der Waals surface area contributed by atoms with E-state index in [4.69, 9.17) is 16.3 Å². The first-order valence-electron chi connectivity index (χ1n) is 8.49. The first-order valence-corrected chi connectivity index (χ1v) is 8.87. The Morgan fingerprint density at radius 2 is 2.07 bits per heavy atom. The van der Waals surface area contributed by atoms with Crippen molar-refractivity contribution in [2.24, 2.45) is 0 Å². The molecular weight excluding hydrogens is 388 g/mol. The maximum absolute atomic E-state index is 12.6. The highest BCUT2D eigenvalue weighted by Crippen LogP contribution is 2.27. The zero-order chi connectivity index (χ0) is 20.3. The van der Waals surface area contributed by atoms with Crippen LogP contribution in [0.25, 0.3) is 0 Å². The van der Waals surface area contributed by atoms with Crippen molar-refractivity contribution in [2.75, 3.05) is 55.5 Å².